The number of amides is 2. The highest BCUT2D eigenvalue weighted by molar-refractivity contribution is 7.13. The van der Waals surface area contributed by atoms with Gasteiger partial charge in [0.25, 0.3) is 0 Å². The Morgan fingerprint density at radius 1 is 1.38 bits per heavy atom. The second-order valence-electron chi connectivity index (χ2n) is 5.06. The van der Waals surface area contributed by atoms with E-state index in [9.17, 15) is 9.59 Å². The van der Waals surface area contributed by atoms with Crippen molar-refractivity contribution in [3.05, 3.63) is 15.6 Å². The second-order valence-corrected chi connectivity index (χ2v) is 6.14. The molecule has 0 bridgehead atoms. The molecule has 8 heteroatoms. The van der Waals surface area contributed by atoms with Gasteiger partial charge >= 0.3 is 12.0 Å². The third kappa shape index (κ3) is 5.68. The second kappa shape index (κ2) is 7.37. The molecule has 0 saturated carbocycles. The fourth-order valence-corrected chi connectivity index (χ4v) is 2.52. The Hall–Kier alpha value is -1.67. The molecule has 21 heavy (non-hydrogen) atoms. The number of carbonyl (C=O) groups excluding carboxylic acids is 1. The van der Waals surface area contributed by atoms with Crippen LogP contribution >= 0.6 is 11.3 Å². The third-order valence-electron chi connectivity index (χ3n) is 2.65. The maximum Gasteiger partial charge on any atom is 0.347 e. The standard InChI is InChI=1S/C13H21N3O4S/c1-5-20-13(3,4)7-15-12(19)14-6-9-16-8(2)10(21-9)11(17)18/h5-7H2,1-4H3,(H,17,18)(H2,14,15,19). The molecule has 0 aliphatic rings. The third-order valence-corrected chi connectivity index (χ3v) is 3.79. The SMILES string of the molecule is CCOC(C)(C)CNC(=O)NCc1nc(C)c(C(=O)O)s1. The van der Waals surface area contributed by atoms with Crippen LogP contribution in [0, 0.1) is 6.92 Å². The summed E-state index contributed by atoms with van der Waals surface area (Å²) in [6.07, 6.45) is 0. The lowest BCUT2D eigenvalue weighted by molar-refractivity contribution is -0.00690. The lowest BCUT2D eigenvalue weighted by Crippen LogP contribution is -2.44. The Kier molecular flexibility index (Phi) is 6.10. The Bertz CT molecular complexity index is 514. The van der Waals surface area contributed by atoms with Crippen molar-refractivity contribution in [2.24, 2.45) is 0 Å². The summed E-state index contributed by atoms with van der Waals surface area (Å²) in [5.74, 6) is -1.00. The first-order valence-electron chi connectivity index (χ1n) is 6.60. The number of carboxylic acid groups (broad SMARTS) is 1. The lowest BCUT2D eigenvalue weighted by Gasteiger charge is -2.24. The van der Waals surface area contributed by atoms with Crippen LogP contribution in [0.3, 0.4) is 0 Å². The van der Waals surface area contributed by atoms with Gasteiger partial charge in [0.05, 0.1) is 17.8 Å². The minimum absolute atomic E-state index is 0.194. The van der Waals surface area contributed by atoms with E-state index in [4.69, 9.17) is 9.84 Å². The number of ether oxygens (including phenoxy) is 1. The molecule has 1 rings (SSSR count). The van der Waals surface area contributed by atoms with E-state index in [0.29, 0.717) is 23.9 Å². The van der Waals surface area contributed by atoms with Gasteiger partial charge in [-0.05, 0) is 27.7 Å². The van der Waals surface area contributed by atoms with Crippen LogP contribution in [0.15, 0.2) is 0 Å². The number of hydrogen-bond donors (Lipinski definition) is 3. The maximum absolute atomic E-state index is 11.7. The van der Waals surface area contributed by atoms with Crippen molar-refractivity contribution >= 4 is 23.3 Å². The van der Waals surface area contributed by atoms with E-state index < -0.39 is 11.6 Å². The summed E-state index contributed by atoms with van der Waals surface area (Å²) in [5, 5.41) is 14.8. The molecule has 0 aromatic carbocycles. The van der Waals surface area contributed by atoms with E-state index in [0.717, 1.165) is 11.3 Å². The number of aryl methyl sites for hydroxylation is 1. The highest BCUT2D eigenvalue weighted by Gasteiger charge is 2.19. The van der Waals surface area contributed by atoms with E-state index >= 15 is 0 Å². The smallest absolute Gasteiger partial charge is 0.347 e. The molecule has 0 aliphatic carbocycles. The number of nitrogens with zero attached hydrogens (tertiary/aromatic N) is 1. The van der Waals surface area contributed by atoms with Crippen LogP contribution in [0.4, 0.5) is 4.79 Å². The average molecular weight is 315 g/mol. The molecule has 0 aliphatic heterocycles. The van der Waals surface area contributed by atoms with Crippen molar-refractivity contribution in [3.8, 4) is 0 Å². The molecule has 0 unspecified atom stereocenters. The zero-order valence-corrected chi connectivity index (χ0v) is 13.5. The van der Waals surface area contributed by atoms with Gasteiger partial charge in [-0.15, -0.1) is 11.3 Å². The van der Waals surface area contributed by atoms with Crippen molar-refractivity contribution in [3.63, 3.8) is 0 Å². The van der Waals surface area contributed by atoms with E-state index in [2.05, 4.69) is 15.6 Å². The molecular weight excluding hydrogens is 294 g/mol. The molecule has 3 N–H and O–H groups in total. The fourth-order valence-electron chi connectivity index (χ4n) is 1.68. The summed E-state index contributed by atoms with van der Waals surface area (Å²) in [7, 11) is 0. The van der Waals surface area contributed by atoms with Crippen LogP contribution in [0.2, 0.25) is 0 Å². The molecule has 1 heterocycles. The molecule has 0 saturated heterocycles. The number of urea groups is 1. The first kappa shape index (κ1) is 17.4. The molecular formula is C13H21N3O4S. The Morgan fingerprint density at radius 3 is 2.57 bits per heavy atom. The zero-order valence-electron chi connectivity index (χ0n) is 12.6. The van der Waals surface area contributed by atoms with Gasteiger partial charge in [0, 0.05) is 13.2 Å². The summed E-state index contributed by atoms with van der Waals surface area (Å²) in [4.78, 5) is 26.9. The van der Waals surface area contributed by atoms with E-state index in [1.54, 1.807) is 6.92 Å². The number of aromatic nitrogens is 1. The topological polar surface area (TPSA) is 101 Å². The average Bonchev–Trinajstić information content (AvgIpc) is 2.75. The number of carbonyl (C=O) groups is 2. The normalized spacial score (nSPS) is 11.2. The lowest BCUT2D eigenvalue weighted by atomic mass is 10.1. The molecule has 7 nitrogen and oxygen atoms in total. The van der Waals surface area contributed by atoms with Gasteiger partial charge < -0.3 is 20.5 Å². The van der Waals surface area contributed by atoms with Gasteiger partial charge in [-0.3, -0.25) is 0 Å². The van der Waals surface area contributed by atoms with Crippen LogP contribution in [0.1, 0.15) is 41.1 Å². The van der Waals surface area contributed by atoms with Crippen molar-refractivity contribution in [1.29, 1.82) is 0 Å². The molecule has 0 radical (unpaired) electrons. The number of thiazole rings is 1. The quantitative estimate of drug-likeness (QED) is 0.712. The van der Waals surface area contributed by atoms with Gasteiger partial charge in [-0.1, -0.05) is 0 Å². The van der Waals surface area contributed by atoms with Crippen molar-refractivity contribution < 1.29 is 19.4 Å². The van der Waals surface area contributed by atoms with Crippen LogP contribution in [-0.2, 0) is 11.3 Å². The van der Waals surface area contributed by atoms with Crippen molar-refractivity contribution in [2.45, 2.75) is 39.8 Å². The molecule has 0 atom stereocenters. The number of nitrogens with one attached hydrogen (secondary N) is 2. The summed E-state index contributed by atoms with van der Waals surface area (Å²) in [6, 6.07) is -0.340. The number of aromatic carboxylic acids is 1. The largest absolute Gasteiger partial charge is 0.477 e. The highest BCUT2D eigenvalue weighted by atomic mass is 32.1. The van der Waals surface area contributed by atoms with Crippen LogP contribution in [0.5, 0.6) is 0 Å². The maximum atomic E-state index is 11.7. The van der Waals surface area contributed by atoms with Crippen LogP contribution in [0.25, 0.3) is 0 Å². The van der Waals surface area contributed by atoms with E-state index in [1.807, 2.05) is 20.8 Å². The Labute approximate surface area is 127 Å². The van der Waals surface area contributed by atoms with Crippen molar-refractivity contribution in [1.82, 2.24) is 15.6 Å². The predicted molar refractivity (Wildman–Crippen MR) is 79.8 cm³/mol. The summed E-state index contributed by atoms with van der Waals surface area (Å²) in [6.45, 7) is 8.46. The summed E-state index contributed by atoms with van der Waals surface area (Å²) >= 11 is 1.06. The first-order chi connectivity index (χ1) is 9.75. The van der Waals surface area contributed by atoms with Gasteiger partial charge in [0.1, 0.15) is 9.88 Å². The first-order valence-corrected chi connectivity index (χ1v) is 7.42. The molecule has 118 valence electrons. The zero-order chi connectivity index (χ0) is 16.0. The van der Waals surface area contributed by atoms with Crippen LogP contribution < -0.4 is 10.6 Å². The fraction of sp³-hybridized carbons (Fsp3) is 0.615. The van der Waals surface area contributed by atoms with Crippen molar-refractivity contribution in [2.75, 3.05) is 13.2 Å². The Morgan fingerprint density at radius 2 is 2.05 bits per heavy atom. The molecule has 0 fully saturated rings. The predicted octanol–water partition coefficient (Wildman–Crippen LogP) is 1.76. The van der Waals surface area contributed by atoms with Gasteiger partial charge in [0.15, 0.2) is 0 Å². The Balaban J connectivity index is 2.43. The van der Waals surface area contributed by atoms with Gasteiger partial charge in [-0.25, -0.2) is 14.6 Å². The number of carboxylic acids is 1. The number of rotatable bonds is 7. The van der Waals surface area contributed by atoms with E-state index in [1.165, 1.54) is 0 Å². The van der Waals surface area contributed by atoms with Gasteiger partial charge in [0.2, 0.25) is 0 Å². The molecule has 1 aromatic heterocycles. The van der Waals surface area contributed by atoms with Gasteiger partial charge in [-0.2, -0.15) is 0 Å². The number of hydrogen-bond acceptors (Lipinski definition) is 5. The highest BCUT2D eigenvalue weighted by Crippen LogP contribution is 2.17. The minimum Gasteiger partial charge on any atom is -0.477 e. The molecule has 1 aromatic rings. The monoisotopic (exact) mass is 315 g/mol. The van der Waals surface area contributed by atoms with E-state index in [-0.39, 0.29) is 17.5 Å². The summed E-state index contributed by atoms with van der Waals surface area (Å²) < 4.78 is 5.47. The minimum atomic E-state index is -1.00. The van der Waals surface area contributed by atoms with Crippen LogP contribution in [-0.4, -0.2) is 40.8 Å². The molecule has 2 amide bonds. The summed E-state index contributed by atoms with van der Waals surface area (Å²) in [5.41, 5.74) is 0.0301. The molecule has 0 spiro atoms.